The number of ether oxygens (including phenoxy) is 3. The molecule has 2 amide bonds. The fraction of sp³-hybridized carbons (Fsp3) is 0.238. The second-order valence-corrected chi connectivity index (χ2v) is 6.00. The molecule has 8 nitrogen and oxygen atoms in total. The number of urea groups is 1. The number of benzene rings is 1. The summed E-state index contributed by atoms with van der Waals surface area (Å²) in [5.74, 6) is 1.59. The fourth-order valence-electron chi connectivity index (χ4n) is 2.83. The van der Waals surface area contributed by atoms with Gasteiger partial charge in [-0.15, -0.1) is 0 Å². The molecule has 1 atom stereocenters. The summed E-state index contributed by atoms with van der Waals surface area (Å²) < 4.78 is 16.2. The van der Waals surface area contributed by atoms with Gasteiger partial charge in [0.05, 0.1) is 43.8 Å². The number of nitrogens with one attached hydrogen (secondary N) is 1. The quantitative estimate of drug-likeness (QED) is 0.802. The van der Waals surface area contributed by atoms with E-state index in [-0.39, 0.29) is 5.92 Å². The maximum absolute atomic E-state index is 12.4. The summed E-state index contributed by atoms with van der Waals surface area (Å²) in [6.07, 6.45) is 6.99. The molecule has 0 radical (unpaired) electrons. The zero-order valence-electron chi connectivity index (χ0n) is 16.5. The van der Waals surface area contributed by atoms with Crippen molar-refractivity contribution in [3.63, 3.8) is 0 Å². The van der Waals surface area contributed by atoms with Crippen LogP contribution in [0.3, 0.4) is 0 Å². The van der Waals surface area contributed by atoms with E-state index in [2.05, 4.69) is 20.5 Å². The lowest BCUT2D eigenvalue weighted by molar-refractivity contribution is 0.215. The topological polar surface area (TPSA) is 94.9 Å². The summed E-state index contributed by atoms with van der Waals surface area (Å²) in [6.45, 7) is 2.38. The van der Waals surface area contributed by atoms with Gasteiger partial charge in [0.2, 0.25) is 0 Å². The minimum Gasteiger partial charge on any atom is -0.497 e. The molecule has 2 aromatic rings. The normalized spacial score (nSPS) is 16.9. The Labute approximate surface area is 168 Å². The Balaban J connectivity index is 1.79. The molecule has 3 rings (SSSR count). The summed E-state index contributed by atoms with van der Waals surface area (Å²) in [6, 6.07) is 8.27. The Bertz CT molecular complexity index is 954. The van der Waals surface area contributed by atoms with Gasteiger partial charge in [-0.3, -0.25) is 0 Å². The van der Waals surface area contributed by atoms with E-state index >= 15 is 0 Å². The molecule has 150 valence electrons. The molecule has 8 heteroatoms. The van der Waals surface area contributed by atoms with Crippen LogP contribution in [0, 0.1) is 0 Å². The SMILES string of the molecule is CCOC1=CC(=NC(=O)Nc2ccc(OC)cc2OC)C=CC1c1cccnn1. The van der Waals surface area contributed by atoms with Gasteiger partial charge in [-0.05, 0) is 37.3 Å². The van der Waals surface area contributed by atoms with Crippen LogP contribution < -0.4 is 14.8 Å². The van der Waals surface area contributed by atoms with Gasteiger partial charge in [-0.2, -0.15) is 15.2 Å². The fourth-order valence-corrected chi connectivity index (χ4v) is 2.83. The molecule has 0 spiro atoms. The Morgan fingerprint density at radius 1 is 1.24 bits per heavy atom. The molecule has 1 unspecified atom stereocenters. The molecule has 1 aromatic heterocycles. The number of allylic oxidation sites excluding steroid dienone is 3. The third-order valence-electron chi connectivity index (χ3n) is 4.16. The highest BCUT2D eigenvalue weighted by atomic mass is 16.5. The average Bonchev–Trinajstić information content (AvgIpc) is 2.75. The van der Waals surface area contributed by atoms with E-state index in [1.807, 2.05) is 25.1 Å². The monoisotopic (exact) mass is 394 g/mol. The number of aromatic nitrogens is 2. The average molecular weight is 394 g/mol. The minimum atomic E-state index is -0.529. The molecule has 0 bridgehead atoms. The van der Waals surface area contributed by atoms with Gasteiger partial charge in [0.15, 0.2) is 0 Å². The van der Waals surface area contributed by atoms with Gasteiger partial charge in [-0.1, -0.05) is 6.08 Å². The van der Waals surface area contributed by atoms with Crippen LogP contribution in [0.25, 0.3) is 0 Å². The number of hydrogen-bond acceptors (Lipinski definition) is 6. The van der Waals surface area contributed by atoms with Crippen LogP contribution in [0.2, 0.25) is 0 Å². The van der Waals surface area contributed by atoms with Crippen LogP contribution in [0.5, 0.6) is 11.5 Å². The first kappa shape index (κ1) is 20.1. The van der Waals surface area contributed by atoms with Gasteiger partial charge < -0.3 is 19.5 Å². The lowest BCUT2D eigenvalue weighted by atomic mass is 9.96. The van der Waals surface area contributed by atoms with Crippen molar-refractivity contribution in [2.24, 2.45) is 4.99 Å². The number of amides is 2. The Hall–Kier alpha value is -3.68. The lowest BCUT2D eigenvalue weighted by Crippen LogP contribution is -2.15. The van der Waals surface area contributed by atoms with Gasteiger partial charge in [0.25, 0.3) is 0 Å². The Morgan fingerprint density at radius 3 is 2.79 bits per heavy atom. The van der Waals surface area contributed by atoms with Crippen molar-refractivity contribution < 1.29 is 19.0 Å². The van der Waals surface area contributed by atoms with Gasteiger partial charge in [-0.25, -0.2) is 4.79 Å². The largest absolute Gasteiger partial charge is 0.497 e. The lowest BCUT2D eigenvalue weighted by Gasteiger charge is -2.19. The van der Waals surface area contributed by atoms with E-state index in [0.29, 0.717) is 35.3 Å². The molecule has 1 aliphatic carbocycles. The van der Waals surface area contributed by atoms with Crippen LogP contribution in [0.15, 0.2) is 65.5 Å². The molecule has 0 saturated carbocycles. The molecule has 1 aromatic carbocycles. The summed E-state index contributed by atoms with van der Waals surface area (Å²) in [4.78, 5) is 16.5. The smallest absolute Gasteiger partial charge is 0.346 e. The predicted octanol–water partition coefficient (Wildman–Crippen LogP) is 3.74. The van der Waals surface area contributed by atoms with Gasteiger partial charge >= 0.3 is 6.03 Å². The van der Waals surface area contributed by atoms with E-state index in [0.717, 1.165) is 5.69 Å². The Morgan fingerprint density at radius 2 is 2.10 bits per heavy atom. The van der Waals surface area contributed by atoms with Crippen LogP contribution >= 0.6 is 0 Å². The molecule has 0 fully saturated rings. The van der Waals surface area contributed by atoms with Crippen molar-refractivity contribution >= 4 is 17.4 Å². The van der Waals surface area contributed by atoms with Crippen LogP contribution in [0.4, 0.5) is 10.5 Å². The van der Waals surface area contributed by atoms with Gasteiger partial charge in [0, 0.05) is 18.3 Å². The first-order valence-electron chi connectivity index (χ1n) is 9.06. The second kappa shape index (κ2) is 9.50. The van der Waals surface area contributed by atoms with Crippen molar-refractivity contribution in [2.45, 2.75) is 12.8 Å². The first-order valence-corrected chi connectivity index (χ1v) is 9.06. The summed E-state index contributed by atoms with van der Waals surface area (Å²) in [7, 11) is 3.08. The number of aliphatic imine (C=N–C) groups is 1. The standard InChI is InChI=1S/C21H22N4O4/c1-4-29-19-12-14(7-9-16(19)17-6-5-11-22-25-17)23-21(26)24-18-10-8-15(27-2)13-20(18)28-3/h5-13,16H,4H2,1-3H3,(H,24,26). The molecular weight excluding hydrogens is 372 g/mol. The summed E-state index contributed by atoms with van der Waals surface area (Å²) in [5.41, 5.74) is 1.72. The van der Waals surface area contributed by atoms with E-state index in [1.165, 1.54) is 7.11 Å². The Kier molecular flexibility index (Phi) is 6.57. The minimum absolute atomic E-state index is 0.174. The molecule has 1 heterocycles. The number of nitrogens with zero attached hydrogens (tertiary/aromatic N) is 3. The number of carbonyl (C=O) groups excluding carboxylic acids is 1. The van der Waals surface area contributed by atoms with Crippen molar-refractivity contribution in [3.8, 4) is 11.5 Å². The third kappa shape index (κ3) is 4.98. The number of anilines is 1. The first-order chi connectivity index (χ1) is 14.1. The van der Waals surface area contributed by atoms with Crippen LogP contribution in [-0.2, 0) is 4.74 Å². The zero-order valence-corrected chi connectivity index (χ0v) is 16.5. The molecule has 0 aliphatic heterocycles. The maximum Gasteiger partial charge on any atom is 0.346 e. The van der Waals surface area contributed by atoms with Crippen LogP contribution in [-0.4, -0.2) is 42.8 Å². The molecule has 1 aliphatic rings. The number of carbonyl (C=O) groups is 1. The third-order valence-corrected chi connectivity index (χ3v) is 4.16. The highest BCUT2D eigenvalue weighted by Gasteiger charge is 2.21. The molecular formula is C21H22N4O4. The molecule has 29 heavy (non-hydrogen) atoms. The van der Waals surface area contributed by atoms with Crippen LogP contribution in [0.1, 0.15) is 18.5 Å². The predicted molar refractivity (Wildman–Crippen MR) is 110 cm³/mol. The van der Waals surface area contributed by atoms with Crippen molar-refractivity contribution in [3.05, 3.63) is 66.2 Å². The van der Waals surface area contributed by atoms with Crippen molar-refractivity contribution in [2.75, 3.05) is 26.1 Å². The molecule has 0 saturated heterocycles. The van der Waals surface area contributed by atoms with Crippen molar-refractivity contribution in [1.82, 2.24) is 10.2 Å². The highest BCUT2D eigenvalue weighted by Crippen LogP contribution is 2.30. The van der Waals surface area contributed by atoms with Crippen molar-refractivity contribution in [1.29, 1.82) is 0 Å². The molecule has 1 N–H and O–H groups in total. The second-order valence-electron chi connectivity index (χ2n) is 6.00. The summed E-state index contributed by atoms with van der Waals surface area (Å²) in [5, 5.41) is 10.8. The number of methoxy groups -OCH3 is 2. The van der Waals surface area contributed by atoms with E-state index in [1.54, 1.807) is 43.7 Å². The number of rotatable bonds is 6. The van der Waals surface area contributed by atoms with E-state index in [9.17, 15) is 4.79 Å². The van der Waals surface area contributed by atoms with E-state index < -0.39 is 6.03 Å². The number of hydrogen-bond donors (Lipinski definition) is 1. The summed E-state index contributed by atoms with van der Waals surface area (Å²) >= 11 is 0. The zero-order chi connectivity index (χ0) is 20.6. The van der Waals surface area contributed by atoms with E-state index in [4.69, 9.17) is 14.2 Å². The van der Waals surface area contributed by atoms with Gasteiger partial charge in [0.1, 0.15) is 17.3 Å². The highest BCUT2D eigenvalue weighted by molar-refractivity contribution is 6.12. The maximum atomic E-state index is 12.4.